The van der Waals surface area contributed by atoms with Crippen molar-refractivity contribution in [3.8, 4) is 17.3 Å². The number of nitrogens with zero attached hydrogens (tertiary/aromatic N) is 6. The first-order valence-electron chi connectivity index (χ1n) is 8.70. The Balaban J connectivity index is 1.55. The monoisotopic (exact) mass is 344 g/mol. The normalized spacial score (nSPS) is 15.1. The van der Waals surface area contributed by atoms with E-state index in [1.165, 1.54) is 5.69 Å². The molecule has 26 heavy (non-hydrogen) atoms. The summed E-state index contributed by atoms with van der Waals surface area (Å²) in [4.78, 5) is 8.98. The highest BCUT2D eigenvalue weighted by Gasteiger charge is 2.17. The van der Waals surface area contributed by atoms with Crippen LogP contribution in [0.1, 0.15) is 5.69 Å². The summed E-state index contributed by atoms with van der Waals surface area (Å²) in [7, 11) is 0. The highest BCUT2D eigenvalue weighted by Crippen LogP contribution is 2.24. The molecule has 3 aromatic rings. The van der Waals surface area contributed by atoms with Gasteiger partial charge in [-0.2, -0.15) is 10.4 Å². The number of benzene rings is 1. The van der Waals surface area contributed by atoms with Crippen LogP contribution in [0.4, 0.5) is 5.69 Å². The number of nitriles is 1. The Bertz CT molecular complexity index is 958. The molecule has 1 fully saturated rings. The molecule has 4 rings (SSSR count). The maximum atomic E-state index is 8.81. The quantitative estimate of drug-likeness (QED) is 0.681. The van der Waals surface area contributed by atoms with Crippen LogP contribution < -0.4 is 4.90 Å². The first-order valence-corrected chi connectivity index (χ1v) is 8.70. The van der Waals surface area contributed by atoms with Gasteiger partial charge in [-0.3, -0.25) is 4.90 Å². The standard InChI is InChI=1S/C20H20N6/c1-2-17-5-8-20-22-15-19(26(20)23-17)16-3-6-18(7-4-16)25-13-11-24(10-9-21)12-14-25/h2-8,15H,1,10-14H2. The van der Waals surface area contributed by atoms with Crippen molar-refractivity contribution in [2.45, 2.75) is 0 Å². The van der Waals surface area contributed by atoms with Crippen molar-refractivity contribution >= 4 is 17.4 Å². The fourth-order valence-corrected chi connectivity index (χ4v) is 3.30. The molecule has 0 atom stereocenters. The van der Waals surface area contributed by atoms with Crippen LogP contribution in [-0.4, -0.2) is 52.2 Å². The lowest BCUT2D eigenvalue weighted by Gasteiger charge is -2.35. The molecule has 1 saturated heterocycles. The largest absolute Gasteiger partial charge is 0.369 e. The maximum Gasteiger partial charge on any atom is 0.154 e. The van der Waals surface area contributed by atoms with E-state index in [0.717, 1.165) is 48.8 Å². The van der Waals surface area contributed by atoms with Crippen molar-refractivity contribution in [2.24, 2.45) is 0 Å². The van der Waals surface area contributed by atoms with E-state index >= 15 is 0 Å². The molecule has 130 valence electrons. The molecule has 0 spiro atoms. The molecule has 0 amide bonds. The van der Waals surface area contributed by atoms with E-state index in [2.05, 4.69) is 56.8 Å². The van der Waals surface area contributed by atoms with Crippen molar-refractivity contribution in [1.29, 1.82) is 5.26 Å². The summed E-state index contributed by atoms with van der Waals surface area (Å²) < 4.78 is 1.85. The Morgan fingerprint density at radius 3 is 2.54 bits per heavy atom. The third kappa shape index (κ3) is 3.05. The van der Waals surface area contributed by atoms with Gasteiger partial charge in [0.05, 0.1) is 30.2 Å². The summed E-state index contributed by atoms with van der Waals surface area (Å²) in [5, 5.41) is 13.4. The molecule has 0 saturated carbocycles. The third-order valence-corrected chi connectivity index (χ3v) is 4.79. The molecular weight excluding hydrogens is 324 g/mol. The smallest absolute Gasteiger partial charge is 0.154 e. The van der Waals surface area contributed by atoms with Gasteiger partial charge in [-0.05, 0) is 30.3 Å². The van der Waals surface area contributed by atoms with E-state index < -0.39 is 0 Å². The zero-order chi connectivity index (χ0) is 17.9. The fourth-order valence-electron chi connectivity index (χ4n) is 3.30. The van der Waals surface area contributed by atoms with Gasteiger partial charge in [0.1, 0.15) is 0 Å². The first-order chi connectivity index (χ1) is 12.8. The van der Waals surface area contributed by atoms with Gasteiger partial charge in [-0.25, -0.2) is 9.50 Å². The molecule has 6 nitrogen and oxygen atoms in total. The molecule has 0 unspecified atom stereocenters. The number of rotatable bonds is 4. The van der Waals surface area contributed by atoms with E-state index in [4.69, 9.17) is 5.26 Å². The Morgan fingerprint density at radius 2 is 1.85 bits per heavy atom. The highest BCUT2D eigenvalue weighted by molar-refractivity contribution is 5.66. The zero-order valence-corrected chi connectivity index (χ0v) is 14.5. The van der Waals surface area contributed by atoms with Gasteiger partial charge in [0.25, 0.3) is 0 Å². The number of hydrogen-bond acceptors (Lipinski definition) is 5. The lowest BCUT2D eigenvalue weighted by Crippen LogP contribution is -2.46. The minimum Gasteiger partial charge on any atom is -0.369 e. The highest BCUT2D eigenvalue weighted by atomic mass is 15.3. The average Bonchev–Trinajstić information content (AvgIpc) is 3.12. The summed E-state index contributed by atoms with van der Waals surface area (Å²) in [5.74, 6) is 0. The van der Waals surface area contributed by atoms with Crippen LogP contribution in [0.3, 0.4) is 0 Å². The molecule has 2 aromatic heterocycles. The third-order valence-electron chi connectivity index (χ3n) is 4.79. The lowest BCUT2D eigenvalue weighted by atomic mass is 10.1. The van der Waals surface area contributed by atoms with Crippen molar-refractivity contribution in [2.75, 3.05) is 37.6 Å². The Hall–Kier alpha value is -3.17. The van der Waals surface area contributed by atoms with E-state index in [1.54, 1.807) is 6.08 Å². The van der Waals surface area contributed by atoms with Crippen LogP contribution >= 0.6 is 0 Å². The van der Waals surface area contributed by atoms with Crippen molar-refractivity contribution in [3.05, 3.63) is 54.9 Å². The summed E-state index contributed by atoms with van der Waals surface area (Å²) >= 11 is 0. The van der Waals surface area contributed by atoms with Crippen LogP contribution in [-0.2, 0) is 0 Å². The van der Waals surface area contributed by atoms with Crippen LogP contribution in [0.15, 0.2) is 49.2 Å². The second-order valence-electron chi connectivity index (χ2n) is 6.34. The molecule has 0 N–H and O–H groups in total. The van der Waals surface area contributed by atoms with Gasteiger partial charge in [-0.1, -0.05) is 18.7 Å². The van der Waals surface area contributed by atoms with Crippen molar-refractivity contribution in [1.82, 2.24) is 19.5 Å². The molecule has 1 aliphatic heterocycles. The van der Waals surface area contributed by atoms with E-state index in [1.807, 2.05) is 22.8 Å². The predicted octanol–water partition coefficient (Wildman–Crippen LogP) is 2.68. The van der Waals surface area contributed by atoms with Gasteiger partial charge in [-0.15, -0.1) is 0 Å². The number of hydrogen-bond donors (Lipinski definition) is 0. The summed E-state index contributed by atoms with van der Waals surface area (Å²) in [6.45, 7) is 8.04. The Labute approximate surface area is 152 Å². The molecule has 0 aliphatic carbocycles. The predicted molar refractivity (Wildman–Crippen MR) is 103 cm³/mol. The van der Waals surface area contributed by atoms with Crippen molar-refractivity contribution in [3.63, 3.8) is 0 Å². The topological polar surface area (TPSA) is 60.5 Å². The Morgan fingerprint density at radius 1 is 1.08 bits per heavy atom. The SMILES string of the molecule is C=Cc1ccc2ncc(-c3ccc(N4CCN(CC#N)CC4)cc3)n2n1. The van der Waals surface area contributed by atoms with E-state index in [0.29, 0.717) is 6.54 Å². The van der Waals surface area contributed by atoms with E-state index in [-0.39, 0.29) is 0 Å². The van der Waals surface area contributed by atoms with Crippen LogP contribution in [0.2, 0.25) is 0 Å². The van der Waals surface area contributed by atoms with Gasteiger partial charge < -0.3 is 4.90 Å². The van der Waals surface area contributed by atoms with Gasteiger partial charge >= 0.3 is 0 Å². The van der Waals surface area contributed by atoms with Crippen LogP contribution in [0.5, 0.6) is 0 Å². The molecule has 3 heterocycles. The number of piperazine rings is 1. The number of aromatic nitrogens is 3. The zero-order valence-electron chi connectivity index (χ0n) is 14.5. The summed E-state index contributed by atoms with van der Waals surface area (Å²) in [5.41, 5.74) is 4.90. The van der Waals surface area contributed by atoms with Crippen LogP contribution in [0.25, 0.3) is 23.0 Å². The molecule has 6 heteroatoms. The van der Waals surface area contributed by atoms with Crippen LogP contribution in [0, 0.1) is 11.3 Å². The van der Waals surface area contributed by atoms with Crippen molar-refractivity contribution < 1.29 is 0 Å². The summed E-state index contributed by atoms with van der Waals surface area (Å²) in [6, 6.07) is 14.6. The molecule has 0 bridgehead atoms. The van der Waals surface area contributed by atoms with Gasteiger partial charge in [0, 0.05) is 37.4 Å². The Kier molecular flexibility index (Phi) is 4.38. The van der Waals surface area contributed by atoms with Gasteiger partial charge in [0.15, 0.2) is 5.65 Å². The lowest BCUT2D eigenvalue weighted by molar-refractivity contribution is 0.287. The molecule has 1 aliphatic rings. The number of imidazole rings is 1. The molecule has 0 radical (unpaired) electrons. The number of fused-ring (bicyclic) bond motifs is 1. The minimum absolute atomic E-state index is 0.515. The van der Waals surface area contributed by atoms with Gasteiger partial charge in [0.2, 0.25) is 0 Å². The molecular formula is C20H20N6. The second kappa shape index (κ2) is 6.98. The van der Waals surface area contributed by atoms with E-state index in [9.17, 15) is 0 Å². The average molecular weight is 344 g/mol. The fraction of sp³-hybridized carbons (Fsp3) is 0.250. The summed E-state index contributed by atoms with van der Waals surface area (Å²) in [6.07, 6.45) is 3.59. The first kappa shape index (κ1) is 16.3. The second-order valence-corrected chi connectivity index (χ2v) is 6.34. The number of anilines is 1. The minimum atomic E-state index is 0.515. The molecule has 1 aromatic carbocycles. The maximum absolute atomic E-state index is 8.81.